The standard InChI is InChI=1S/C20H24ClN3/c21-19-7-5-18(6-8-19)20(9-11-22-12-10-20)17-3-1-15(2-4-17)16-13-23-24-14-16/h1-8,16,22-24H,9-14H2. The molecule has 0 atom stereocenters. The first-order valence-corrected chi connectivity index (χ1v) is 9.19. The van der Waals surface area contributed by atoms with Crippen LogP contribution in [0.3, 0.4) is 0 Å². The van der Waals surface area contributed by atoms with Gasteiger partial charge in [0.15, 0.2) is 0 Å². The Balaban J connectivity index is 1.69. The van der Waals surface area contributed by atoms with Gasteiger partial charge in [-0.2, -0.15) is 0 Å². The molecular formula is C20H24ClN3. The van der Waals surface area contributed by atoms with Crippen molar-refractivity contribution < 1.29 is 0 Å². The van der Waals surface area contributed by atoms with Gasteiger partial charge in [0, 0.05) is 29.4 Å². The second-order valence-corrected chi connectivity index (χ2v) is 7.36. The molecule has 2 aliphatic heterocycles. The van der Waals surface area contributed by atoms with Crippen molar-refractivity contribution in [1.29, 1.82) is 0 Å². The van der Waals surface area contributed by atoms with Crippen LogP contribution in [0.25, 0.3) is 0 Å². The third-order valence-corrected chi connectivity index (χ3v) is 5.86. The first kappa shape index (κ1) is 16.1. The molecule has 3 N–H and O–H groups in total. The maximum absolute atomic E-state index is 6.11. The molecule has 0 unspecified atom stereocenters. The van der Waals surface area contributed by atoms with Crippen molar-refractivity contribution in [3.8, 4) is 0 Å². The lowest BCUT2D eigenvalue weighted by molar-refractivity contribution is 0.362. The van der Waals surface area contributed by atoms with Crippen LogP contribution in [-0.4, -0.2) is 26.2 Å². The van der Waals surface area contributed by atoms with E-state index in [1.807, 2.05) is 12.1 Å². The normalized spacial score (nSPS) is 21.0. The van der Waals surface area contributed by atoms with Crippen LogP contribution in [0.15, 0.2) is 48.5 Å². The summed E-state index contributed by atoms with van der Waals surface area (Å²) in [6.07, 6.45) is 2.25. The van der Waals surface area contributed by atoms with Crippen LogP contribution in [0.4, 0.5) is 0 Å². The molecule has 2 aromatic carbocycles. The zero-order valence-electron chi connectivity index (χ0n) is 13.8. The molecule has 2 aliphatic rings. The smallest absolute Gasteiger partial charge is 0.0406 e. The fraction of sp³-hybridized carbons (Fsp3) is 0.400. The third-order valence-electron chi connectivity index (χ3n) is 5.61. The number of rotatable bonds is 3. The summed E-state index contributed by atoms with van der Waals surface area (Å²) in [6, 6.07) is 17.7. The van der Waals surface area contributed by atoms with Crippen molar-refractivity contribution in [2.45, 2.75) is 24.2 Å². The van der Waals surface area contributed by atoms with Crippen molar-refractivity contribution in [3.05, 3.63) is 70.2 Å². The van der Waals surface area contributed by atoms with E-state index in [-0.39, 0.29) is 5.41 Å². The van der Waals surface area contributed by atoms with Crippen LogP contribution in [0.5, 0.6) is 0 Å². The molecule has 0 radical (unpaired) electrons. The van der Waals surface area contributed by atoms with E-state index in [4.69, 9.17) is 11.6 Å². The Kier molecular flexibility index (Phi) is 4.59. The Morgan fingerprint density at radius 2 is 1.33 bits per heavy atom. The number of hydrogen-bond donors (Lipinski definition) is 3. The molecule has 2 fully saturated rings. The highest BCUT2D eigenvalue weighted by Crippen LogP contribution is 2.41. The van der Waals surface area contributed by atoms with Crippen molar-refractivity contribution >= 4 is 11.6 Å². The number of piperidine rings is 1. The highest BCUT2D eigenvalue weighted by Gasteiger charge is 2.35. The molecule has 0 bridgehead atoms. The minimum absolute atomic E-state index is 0.0978. The van der Waals surface area contributed by atoms with E-state index in [0.717, 1.165) is 44.0 Å². The molecule has 0 aliphatic carbocycles. The number of hydrogen-bond acceptors (Lipinski definition) is 3. The average Bonchev–Trinajstić information content (AvgIpc) is 3.18. The lowest BCUT2D eigenvalue weighted by Crippen LogP contribution is -2.40. The van der Waals surface area contributed by atoms with E-state index < -0.39 is 0 Å². The maximum atomic E-state index is 6.11. The van der Waals surface area contributed by atoms with Crippen LogP contribution in [0, 0.1) is 0 Å². The largest absolute Gasteiger partial charge is 0.317 e. The number of nitrogens with one attached hydrogen (secondary N) is 3. The molecule has 2 heterocycles. The lowest BCUT2D eigenvalue weighted by Gasteiger charge is -2.39. The summed E-state index contributed by atoms with van der Waals surface area (Å²) < 4.78 is 0. The Labute approximate surface area is 148 Å². The molecule has 24 heavy (non-hydrogen) atoms. The molecular weight excluding hydrogens is 318 g/mol. The Bertz CT molecular complexity index is 669. The van der Waals surface area contributed by atoms with Gasteiger partial charge in [-0.15, -0.1) is 0 Å². The van der Waals surface area contributed by atoms with Gasteiger partial charge in [0.1, 0.15) is 0 Å². The first-order chi connectivity index (χ1) is 11.8. The van der Waals surface area contributed by atoms with Crippen molar-refractivity contribution in [1.82, 2.24) is 16.2 Å². The Morgan fingerprint density at radius 1 is 0.792 bits per heavy atom. The SMILES string of the molecule is Clc1ccc(C2(c3ccc(C4CNNC4)cc3)CCNCC2)cc1. The zero-order chi connectivity index (χ0) is 16.4. The van der Waals surface area contributed by atoms with Gasteiger partial charge in [-0.1, -0.05) is 48.0 Å². The Hall–Kier alpha value is -1.39. The molecule has 0 saturated carbocycles. The van der Waals surface area contributed by atoms with Crippen LogP contribution in [0.2, 0.25) is 5.02 Å². The second-order valence-electron chi connectivity index (χ2n) is 6.92. The average molecular weight is 342 g/mol. The van der Waals surface area contributed by atoms with E-state index >= 15 is 0 Å². The van der Waals surface area contributed by atoms with Gasteiger partial charge < -0.3 is 5.32 Å². The molecule has 0 amide bonds. The zero-order valence-corrected chi connectivity index (χ0v) is 14.6. The van der Waals surface area contributed by atoms with Crippen molar-refractivity contribution in [2.24, 2.45) is 0 Å². The van der Waals surface area contributed by atoms with Crippen LogP contribution in [0.1, 0.15) is 35.4 Å². The van der Waals surface area contributed by atoms with Crippen LogP contribution < -0.4 is 16.2 Å². The van der Waals surface area contributed by atoms with E-state index in [1.54, 1.807) is 0 Å². The third kappa shape index (κ3) is 2.98. The molecule has 2 saturated heterocycles. The maximum Gasteiger partial charge on any atom is 0.0406 e. The fourth-order valence-electron chi connectivity index (χ4n) is 4.14. The summed E-state index contributed by atoms with van der Waals surface area (Å²) in [7, 11) is 0. The summed E-state index contributed by atoms with van der Waals surface area (Å²) in [5.74, 6) is 0.568. The van der Waals surface area contributed by atoms with Crippen LogP contribution in [-0.2, 0) is 5.41 Å². The molecule has 4 heteroatoms. The van der Waals surface area contributed by atoms with Crippen molar-refractivity contribution in [3.63, 3.8) is 0 Å². The summed E-state index contributed by atoms with van der Waals surface area (Å²) >= 11 is 6.11. The number of benzene rings is 2. The molecule has 0 spiro atoms. The van der Waals surface area contributed by atoms with E-state index in [0.29, 0.717) is 5.92 Å². The monoisotopic (exact) mass is 341 g/mol. The van der Waals surface area contributed by atoms with Gasteiger partial charge in [-0.3, -0.25) is 10.9 Å². The number of hydrazine groups is 1. The first-order valence-electron chi connectivity index (χ1n) is 8.81. The molecule has 0 aromatic heterocycles. The summed E-state index contributed by atoms with van der Waals surface area (Å²) in [5.41, 5.74) is 10.7. The van der Waals surface area contributed by atoms with E-state index in [9.17, 15) is 0 Å². The second kappa shape index (κ2) is 6.85. The van der Waals surface area contributed by atoms with Gasteiger partial charge >= 0.3 is 0 Å². The predicted molar refractivity (Wildman–Crippen MR) is 99.5 cm³/mol. The van der Waals surface area contributed by atoms with E-state index in [1.165, 1.54) is 16.7 Å². The highest BCUT2D eigenvalue weighted by molar-refractivity contribution is 6.30. The Morgan fingerprint density at radius 3 is 1.92 bits per heavy atom. The molecule has 126 valence electrons. The van der Waals surface area contributed by atoms with Gasteiger partial charge in [0.2, 0.25) is 0 Å². The summed E-state index contributed by atoms with van der Waals surface area (Å²) in [6.45, 7) is 4.12. The van der Waals surface area contributed by atoms with Gasteiger partial charge in [0.25, 0.3) is 0 Å². The quantitative estimate of drug-likeness (QED) is 0.802. The van der Waals surface area contributed by atoms with Gasteiger partial charge in [-0.25, -0.2) is 0 Å². The minimum atomic E-state index is 0.0978. The fourth-order valence-corrected chi connectivity index (χ4v) is 4.27. The molecule has 2 aromatic rings. The minimum Gasteiger partial charge on any atom is -0.317 e. The van der Waals surface area contributed by atoms with Crippen LogP contribution >= 0.6 is 11.6 Å². The summed E-state index contributed by atoms with van der Waals surface area (Å²) in [4.78, 5) is 0. The number of halogens is 1. The topological polar surface area (TPSA) is 36.1 Å². The van der Waals surface area contributed by atoms with Gasteiger partial charge in [0.05, 0.1) is 0 Å². The predicted octanol–water partition coefficient (Wildman–Crippen LogP) is 3.20. The lowest BCUT2D eigenvalue weighted by atomic mass is 9.68. The molecule has 4 rings (SSSR count). The van der Waals surface area contributed by atoms with Gasteiger partial charge in [-0.05, 0) is 54.8 Å². The highest BCUT2D eigenvalue weighted by atomic mass is 35.5. The summed E-state index contributed by atoms with van der Waals surface area (Å²) in [5, 5.41) is 4.31. The molecule has 3 nitrogen and oxygen atoms in total. The van der Waals surface area contributed by atoms with Crippen molar-refractivity contribution in [2.75, 3.05) is 26.2 Å². The van der Waals surface area contributed by atoms with E-state index in [2.05, 4.69) is 52.6 Å².